The van der Waals surface area contributed by atoms with Gasteiger partial charge in [-0.3, -0.25) is 0 Å². The molecule has 5 heteroatoms. The van der Waals surface area contributed by atoms with Gasteiger partial charge in [-0.1, -0.05) is 33.6 Å². The highest BCUT2D eigenvalue weighted by atomic mass is 79.9. The summed E-state index contributed by atoms with van der Waals surface area (Å²) < 4.78 is 6.67. The van der Waals surface area contributed by atoms with E-state index in [9.17, 15) is 0 Å². The second kappa shape index (κ2) is 8.49. The highest BCUT2D eigenvalue weighted by molar-refractivity contribution is 9.10. The molecule has 1 atom stereocenters. The lowest BCUT2D eigenvalue weighted by atomic mass is 10.0. The molecule has 0 radical (unpaired) electrons. The SMILES string of the molecule is CCOC1CCN(CCC(N)c2ccc(Br)cc2Cl)CC1. The summed E-state index contributed by atoms with van der Waals surface area (Å²) in [7, 11) is 0. The minimum Gasteiger partial charge on any atom is -0.378 e. The van der Waals surface area contributed by atoms with Crippen molar-refractivity contribution < 1.29 is 4.74 Å². The third-order valence-corrected chi connectivity index (χ3v) is 4.88. The topological polar surface area (TPSA) is 38.5 Å². The maximum Gasteiger partial charge on any atom is 0.0599 e. The summed E-state index contributed by atoms with van der Waals surface area (Å²) in [6.07, 6.45) is 3.63. The number of nitrogens with two attached hydrogens (primary N) is 1. The van der Waals surface area contributed by atoms with Crippen molar-refractivity contribution in [3.63, 3.8) is 0 Å². The van der Waals surface area contributed by atoms with Crippen molar-refractivity contribution in [2.75, 3.05) is 26.2 Å². The van der Waals surface area contributed by atoms with E-state index in [2.05, 4.69) is 27.8 Å². The van der Waals surface area contributed by atoms with E-state index in [1.54, 1.807) is 0 Å². The van der Waals surface area contributed by atoms with E-state index >= 15 is 0 Å². The molecule has 0 aliphatic carbocycles. The van der Waals surface area contributed by atoms with E-state index in [1.165, 1.54) is 0 Å². The first-order chi connectivity index (χ1) is 10.1. The van der Waals surface area contributed by atoms with E-state index in [1.807, 2.05) is 18.2 Å². The molecule has 1 unspecified atom stereocenters. The quantitative estimate of drug-likeness (QED) is 0.817. The number of nitrogens with zero attached hydrogens (tertiary/aromatic N) is 1. The lowest BCUT2D eigenvalue weighted by Crippen LogP contribution is -2.38. The number of halogens is 2. The molecule has 2 rings (SSSR count). The number of hydrogen-bond acceptors (Lipinski definition) is 3. The summed E-state index contributed by atoms with van der Waals surface area (Å²) in [6.45, 7) is 6.11. The molecule has 1 fully saturated rings. The van der Waals surface area contributed by atoms with Crippen molar-refractivity contribution in [3.8, 4) is 0 Å². The molecule has 21 heavy (non-hydrogen) atoms. The highest BCUT2D eigenvalue weighted by Gasteiger charge is 2.20. The molecular formula is C16H24BrClN2O. The summed E-state index contributed by atoms with van der Waals surface area (Å²) in [5.74, 6) is 0. The van der Waals surface area contributed by atoms with Gasteiger partial charge >= 0.3 is 0 Å². The van der Waals surface area contributed by atoms with Gasteiger partial charge in [-0.2, -0.15) is 0 Å². The molecule has 0 bridgehead atoms. The van der Waals surface area contributed by atoms with Gasteiger partial charge in [0.25, 0.3) is 0 Å². The van der Waals surface area contributed by atoms with Gasteiger partial charge in [0.2, 0.25) is 0 Å². The van der Waals surface area contributed by atoms with Crippen LogP contribution in [0.4, 0.5) is 0 Å². The minimum absolute atomic E-state index is 0.00443. The van der Waals surface area contributed by atoms with Crippen LogP contribution < -0.4 is 5.73 Å². The third-order valence-electron chi connectivity index (χ3n) is 4.06. The number of piperidine rings is 1. The van der Waals surface area contributed by atoms with E-state index in [4.69, 9.17) is 22.1 Å². The number of benzene rings is 1. The molecule has 1 heterocycles. The average Bonchev–Trinajstić information content (AvgIpc) is 2.46. The van der Waals surface area contributed by atoms with Gasteiger partial charge in [0.1, 0.15) is 0 Å². The van der Waals surface area contributed by atoms with Crippen LogP contribution in [0.15, 0.2) is 22.7 Å². The summed E-state index contributed by atoms with van der Waals surface area (Å²) in [6, 6.07) is 5.91. The van der Waals surface area contributed by atoms with Gasteiger partial charge in [0.05, 0.1) is 6.10 Å². The van der Waals surface area contributed by atoms with Crippen molar-refractivity contribution in [2.45, 2.75) is 38.3 Å². The third kappa shape index (κ3) is 5.22. The van der Waals surface area contributed by atoms with Crippen LogP contribution in [0.3, 0.4) is 0 Å². The Morgan fingerprint density at radius 1 is 1.43 bits per heavy atom. The first-order valence-corrected chi connectivity index (χ1v) is 8.81. The maximum absolute atomic E-state index is 6.29. The zero-order chi connectivity index (χ0) is 15.2. The van der Waals surface area contributed by atoms with Crippen LogP contribution in [0.25, 0.3) is 0 Å². The molecule has 1 saturated heterocycles. The van der Waals surface area contributed by atoms with Crippen LogP contribution in [-0.2, 0) is 4.74 Å². The number of hydrogen-bond donors (Lipinski definition) is 1. The van der Waals surface area contributed by atoms with E-state index < -0.39 is 0 Å². The summed E-state index contributed by atoms with van der Waals surface area (Å²) >= 11 is 9.68. The first kappa shape index (κ1) is 17.2. The van der Waals surface area contributed by atoms with E-state index in [0.29, 0.717) is 6.10 Å². The zero-order valence-corrected chi connectivity index (χ0v) is 14.9. The molecule has 118 valence electrons. The molecule has 0 amide bonds. The Balaban J connectivity index is 1.78. The fraction of sp³-hybridized carbons (Fsp3) is 0.625. The van der Waals surface area contributed by atoms with Crippen molar-refractivity contribution in [1.29, 1.82) is 0 Å². The van der Waals surface area contributed by atoms with Gasteiger partial charge in [-0.05, 0) is 50.4 Å². The average molecular weight is 376 g/mol. The van der Waals surface area contributed by atoms with Crippen molar-refractivity contribution in [1.82, 2.24) is 4.90 Å². The van der Waals surface area contributed by atoms with Crippen LogP contribution in [0.2, 0.25) is 5.02 Å². The fourth-order valence-corrected chi connectivity index (χ4v) is 3.63. The molecular weight excluding hydrogens is 352 g/mol. The van der Waals surface area contributed by atoms with Gasteiger partial charge in [-0.25, -0.2) is 0 Å². The molecule has 1 aliphatic rings. The maximum atomic E-state index is 6.29. The van der Waals surface area contributed by atoms with Gasteiger partial charge < -0.3 is 15.4 Å². The Kier molecular flexibility index (Phi) is 6.96. The fourth-order valence-electron chi connectivity index (χ4n) is 2.81. The van der Waals surface area contributed by atoms with Crippen molar-refractivity contribution in [3.05, 3.63) is 33.3 Å². The second-order valence-electron chi connectivity index (χ2n) is 5.56. The Hall–Kier alpha value is -0.130. The number of rotatable bonds is 6. The Labute approximate surface area is 140 Å². The van der Waals surface area contributed by atoms with Gasteiger partial charge in [0.15, 0.2) is 0 Å². The minimum atomic E-state index is -0.00443. The largest absolute Gasteiger partial charge is 0.378 e. The van der Waals surface area contributed by atoms with Crippen LogP contribution >= 0.6 is 27.5 Å². The lowest BCUT2D eigenvalue weighted by Gasteiger charge is -2.32. The van der Waals surface area contributed by atoms with Crippen LogP contribution in [0.5, 0.6) is 0 Å². The second-order valence-corrected chi connectivity index (χ2v) is 6.88. The molecule has 0 spiro atoms. The van der Waals surface area contributed by atoms with Gasteiger partial charge in [0, 0.05) is 35.2 Å². The Morgan fingerprint density at radius 2 is 2.14 bits per heavy atom. The Bertz CT molecular complexity index is 450. The monoisotopic (exact) mass is 374 g/mol. The molecule has 1 aliphatic heterocycles. The predicted octanol–water partition coefficient (Wildman–Crippen LogP) is 3.99. The molecule has 2 N–H and O–H groups in total. The lowest BCUT2D eigenvalue weighted by molar-refractivity contribution is 0.0138. The van der Waals surface area contributed by atoms with Crippen molar-refractivity contribution >= 4 is 27.5 Å². The van der Waals surface area contributed by atoms with Crippen molar-refractivity contribution in [2.24, 2.45) is 5.73 Å². The van der Waals surface area contributed by atoms with Crippen LogP contribution in [0.1, 0.15) is 37.8 Å². The summed E-state index contributed by atoms with van der Waals surface area (Å²) in [5.41, 5.74) is 7.32. The highest BCUT2D eigenvalue weighted by Crippen LogP contribution is 2.27. The molecule has 1 aromatic rings. The zero-order valence-electron chi connectivity index (χ0n) is 12.5. The van der Waals surface area contributed by atoms with Gasteiger partial charge in [-0.15, -0.1) is 0 Å². The summed E-state index contributed by atoms with van der Waals surface area (Å²) in [5, 5.41) is 0.743. The molecule has 0 saturated carbocycles. The van der Waals surface area contributed by atoms with Crippen LogP contribution in [-0.4, -0.2) is 37.2 Å². The molecule has 1 aromatic carbocycles. The normalized spacial score (nSPS) is 18.9. The summed E-state index contributed by atoms with van der Waals surface area (Å²) in [4.78, 5) is 2.47. The van der Waals surface area contributed by atoms with E-state index in [0.717, 1.165) is 60.6 Å². The first-order valence-electron chi connectivity index (χ1n) is 7.64. The predicted molar refractivity (Wildman–Crippen MR) is 91.8 cm³/mol. The van der Waals surface area contributed by atoms with Crippen LogP contribution in [0, 0.1) is 0 Å². The van der Waals surface area contributed by atoms with E-state index in [-0.39, 0.29) is 6.04 Å². The Morgan fingerprint density at radius 3 is 2.76 bits per heavy atom. The number of ether oxygens (including phenoxy) is 1. The molecule has 3 nitrogen and oxygen atoms in total. The number of likely N-dealkylation sites (tertiary alicyclic amines) is 1. The standard InChI is InChI=1S/C16H24BrClN2O/c1-2-21-13-5-8-20(9-6-13)10-7-16(19)14-4-3-12(17)11-15(14)18/h3-4,11,13,16H,2,5-10,19H2,1H3. The molecule has 0 aromatic heterocycles. The smallest absolute Gasteiger partial charge is 0.0599 e.